The van der Waals surface area contributed by atoms with Crippen LogP contribution < -0.4 is 9.16 Å². The second-order valence-electron chi connectivity index (χ2n) is 10.8. The number of halogens is 1. The van der Waals surface area contributed by atoms with Crippen molar-refractivity contribution in [3.63, 3.8) is 0 Å². The first-order valence-corrected chi connectivity index (χ1v) is 14.7. The zero-order valence-corrected chi connectivity index (χ0v) is 21.8. The summed E-state index contributed by atoms with van der Waals surface area (Å²) in [6, 6.07) is 4.46. The van der Waals surface area contributed by atoms with Crippen LogP contribution in [0.15, 0.2) is 12.1 Å². The van der Waals surface area contributed by atoms with E-state index in [1.165, 1.54) is 18.1 Å². The zero-order chi connectivity index (χ0) is 23.7. The Morgan fingerprint density at radius 2 is 1.97 bits per heavy atom. The lowest BCUT2D eigenvalue weighted by atomic mass is 9.80. The number of carbonyl (C=O) groups excluding carboxylic acids is 1. The number of piperidine rings is 1. The molecule has 0 radical (unpaired) electrons. The lowest BCUT2D eigenvalue weighted by molar-refractivity contribution is -0.154. The minimum atomic E-state index is -2.04. The smallest absolute Gasteiger partial charge is 0.302 e. The number of fused-ring (bicyclic) bond motifs is 3. The fraction of sp³-hybridized carbons (Fsp3) is 0.720. The van der Waals surface area contributed by atoms with Gasteiger partial charge in [-0.1, -0.05) is 20.8 Å². The lowest BCUT2D eigenvalue weighted by Gasteiger charge is -2.47. The van der Waals surface area contributed by atoms with Gasteiger partial charge in [-0.25, -0.2) is 0 Å². The summed E-state index contributed by atoms with van der Waals surface area (Å²) in [7, 11) is -0.345. The van der Waals surface area contributed by atoms with Crippen LogP contribution in [-0.2, 0) is 16.0 Å². The van der Waals surface area contributed by atoms with Gasteiger partial charge in [0.1, 0.15) is 11.9 Å². The van der Waals surface area contributed by atoms with Crippen LogP contribution in [0, 0.1) is 5.92 Å². The van der Waals surface area contributed by atoms with E-state index in [1.54, 1.807) is 7.11 Å². The molecule has 7 heteroatoms. The SMILES string of the molecule is COc1cc2c(cc1O[Si](C)(C)C(C)(C)C)[C@@H]1CC(OC(C)=O)[C@@H](CCC[19F])CN1CC2. The highest BCUT2D eigenvalue weighted by molar-refractivity contribution is 6.74. The number of ether oxygens (including phenoxy) is 2. The topological polar surface area (TPSA) is 48.0 Å². The largest absolute Gasteiger partial charge is 0.541 e. The van der Waals surface area contributed by atoms with E-state index < -0.39 is 8.32 Å². The van der Waals surface area contributed by atoms with Crippen molar-refractivity contribution in [3.8, 4) is 11.5 Å². The number of esters is 1. The molecule has 1 aromatic carbocycles. The molecule has 3 atom stereocenters. The Balaban J connectivity index is 1.94. The van der Waals surface area contributed by atoms with Crippen LogP contribution in [0.3, 0.4) is 0 Å². The molecule has 0 saturated carbocycles. The number of nitrogens with zero attached hydrogens (tertiary/aromatic N) is 1. The first kappa shape index (κ1) is 25.0. The van der Waals surface area contributed by atoms with Crippen LogP contribution in [0.25, 0.3) is 0 Å². The third kappa shape index (κ3) is 5.30. The molecule has 180 valence electrons. The molecule has 0 aromatic heterocycles. The first-order chi connectivity index (χ1) is 15.0. The van der Waals surface area contributed by atoms with E-state index in [1.807, 2.05) is 0 Å². The van der Waals surface area contributed by atoms with Crippen LogP contribution in [-0.4, -0.2) is 52.2 Å². The summed E-state index contributed by atoms with van der Waals surface area (Å²) in [6.07, 6.45) is 2.75. The third-order valence-corrected chi connectivity index (χ3v) is 11.9. The Labute approximate surface area is 193 Å². The fourth-order valence-corrected chi connectivity index (χ4v) is 5.74. The van der Waals surface area contributed by atoms with Crippen LogP contribution in [0.1, 0.15) is 64.1 Å². The Bertz CT molecular complexity index is 823. The molecule has 3 rings (SSSR count). The van der Waals surface area contributed by atoms with Gasteiger partial charge in [0.2, 0.25) is 0 Å². The van der Waals surface area contributed by atoms with Gasteiger partial charge in [0.15, 0.2) is 5.75 Å². The number of carbonyl (C=O) groups is 1. The summed E-state index contributed by atoms with van der Waals surface area (Å²) in [5.41, 5.74) is 2.52. The summed E-state index contributed by atoms with van der Waals surface area (Å²) in [5, 5.41) is 0.0782. The monoisotopic (exact) mass is 465 g/mol. The van der Waals surface area contributed by atoms with E-state index in [0.717, 1.165) is 43.9 Å². The first-order valence-electron chi connectivity index (χ1n) is 11.8. The van der Waals surface area contributed by atoms with Gasteiger partial charge in [-0.3, -0.25) is 14.1 Å². The van der Waals surface area contributed by atoms with E-state index in [-0.39, 0.29) is 35.7 Å². The molecule has 2 aliphatic rings. The van der Waals surface area contributed by atoms with E-state index in [4.69, 9.17) is 13.9 Å². The van der Waals surface area contributed by atoms with Gasteiger partial charge in [-0.05, 0) is 60.7 Å². The van der Waals surface area contributed by atoms with Crippen molar-refractivity contribution in [2.75, 3.05) is 26.9 Å². The average molecular weight is 466 g/mol. The molecule has 1 unspecified atom stereocenters. The number of hydrogen-bond donors (Lipinski definition) is 0. The quantitative estimate of drug-likeness (QED) is 0.383. The molecule has 0 aliphatic carbocycles. The molecule has 32 heavy (non-hydrogen) atoms. The van der Waals surface area contributed by atoms with Crippen LogP contribution in [0.4, 0.5) is 4.39 Å². The Morgan fingerprint density at radius 3 is 2.56 bits per heavy atom. The van der Waals surface area contributed by atoms with Crippen molar-refractivity contribution in [2.24, 2.45) is 5.92 Å². The zero-order valence-electron chi connectivity index (χ0n) is 20.8. The molecule has 1 fully saturated rings. The Morgan fingerprint density at radius 1 is 1.25 bits per heavy atom. The van der Waals surface area contributed by atoms with E-state index >= 15 is 0 Å². The summed E-state index contributed by atoms with van der Waals surface area (Å²) in [6.45, 7) is 14.1. The fourth-order valence-electron chi connectivity index (χ4n) is 4.73. The molecule has 0 amide bonds. The molecule has 0 N–H and O–H groups in total. The highest BCUT2D eigenvalue weighted by Crippen LogP contribution is 2.46. The predicted octanol–water partition coefficient (Wildman–Crippen LogP) is 5.68. The van der Waals surface area contributed by atoms with Crippen LogP contribution >= 0.6 is 0 Å². The summed E-state index contributed by atoms with van der Waals surface area (Å²) >= 11 is 0. The van der Waals surface area contributed by atoms with Crippen molar-refractivity contribution in [1.82, 2.24) is 4.90 Å². The highest BCUT2D eigenvalue weighted by Gasteiger charge is 2.42. The summed E-state index contributed by atoms with van der Waals surface area (Å²) in [5.74, 6) is 1.51. The summed E-state index contributed by atoms with van der Waals surface area (Å²) < 4.78 is 31.0. The van der Waals surface area contributed by atoms with Crippen LogP contribution in [0.5, 0.6) is 11.5 Å². The van der Waals surface area contributed by atoms with Gasteiger partial charge in [0.05, 0.1) is 13.8 Å². The van der Waals surface area contributed by atoms with E-state index in [0.29, 0.717) is 6.42 Å². The van der Waals surface area contributed by atoms with E-state index in [2.05, 4.69) is 50.9 Å². The Kier molecular flexibility index (Phi) is 7.60. The molecule has 0 bridgehead atoms. The molecule has 2 aliphatic heterocycles. The minimum Gasteiger partial charge on any atom is -0.541 e. The van der Waals surface area contributed by atoms with Crippen LogP contribution in [0.2, 0.25) is 18.1 Å². The molecular weight excluding hydrogens is 425 g/mol. The number of benzene rings is 1. The maximum absolute atomic E-state index is 12.9. The van der Waals surface area contributed by atoms with Gasteiger partial charge in [0.25, 0.3) is 8.32 Å². The van der Waals surface area contributed by atoms with Crippen molar-refractivity contribution in [3.05, 3.63) is 23.3 Å². The molecule has 2 heterocycles. The molecule has 1 aromatic rings. The normalized spacial score (nSPS) is 23.8. The summed E-state index contributed by atoms with van der Waals surface area (Å²) in [4.78, 5) is 14.3. The average Bonchev–Trinajstić information content (AvgIpc) is 2.70. The second-order valence-corrected chi connectivity index (χ2v) is 15.5. The van der Waals surface area contributed by atoms with Gasteiger partial charge in [-0.15, -0.1) is 0 Å². The minimum absolute atomic E-state index is 0.0782. The molecule has 0 spiro atoms. The number of hydrogen-bond acceptors (Lipinski definition) is 5. The van der Waals surface area contributed by atoms with Crippen molar-refractivity contribution >= 4 is 14.3 Å². The van der Waals surface area contributed by atoms with Gasteiger partial charge < -0.3 is 13.9 Å². The van der Waals surface area contributed by atoms with Gasteiger partial charge in [-0.2, -0.15) is 0 Å². The molecule has 5 nitrogen and oxygen atoms in total. The number of methoxy groups -OCH3 is 1. The maximum Gasteiger partial charge on any atom is 0.302 e. The standard InChI is InChI=1S/C25H40FNO4Si/c1-17(28)30-22-15-21-20-14-24(31-32(6,7)25(2,3)4)23(29-5)13-18(20)10-12-27(21)16-19(22)9-8-11-26/h13-14,19,21-22H,8-12,15-16H2,1-7H3/t19-,21-,22?/m0/s1/i26+0. The van der Waals surface area contributed by atoms with Crippen molar-refractivity contribution in [2.45, 2.75) is 83.7 Å². The lowest BCUT2D eigenvalue weighted by Crippen LogP contribution is -2.49. The molecular formula is C25H40FNO4Si. The predicted molar refractivity (Wildman–Crippen MR) is 128 cm³/mol. The van der Waals surface area contributed by atoms with Crippen molar-refractivity contribution < 1.29 is 23.1 Å². The van der Waals surface area contributed by atoms with Crippen molar-refractivity contribution in [1.29, 1.82) is 0 Å². The maximum atomic E-state index is 12.9. The van der Waals surface area contributed by atoms with Gasteiger partial charge in [0, 0.05) is 38.4 Å². The third-order valence-electron chi connectivity index (χ3n) is 7.54. The van der Waals surface area contributed by atoms with E-state index in [9.17, 15) is 9.18 Å². The van der Waals surface area contributed by atoms with Gasteiger partial charge >= 0.3 is 5.97 Å². The number of alkyl halides is 1. The second kappa shape index (κ2) is 9.72. The number of rotatable bonds is 7. The molecule has 1 saturated heterocycles. The Hall–Kier alpha value is -1.60. The highest BCUT2D eigenvalue weighted by atomic mass is 28.4.